The average molecular weight is 245 g/mol. The lowest BCUT2D eigenvalue weighted by molar-refractivity contribution is -0.132. The molecule has 1 aromatic carbocycles. The number of esters is 2. The molecule has 0 aliphatic heterocycles. The number of nitrogens with zero attached hydrogens (tertiary/aromatic N) is 1. The van der Waals surface area contributed by atoms with Crippen molar-refractivity contribution in [1.82, 2.24) is 4.98 Å². The van der Waals surface area contributed by atoms with Crippen LogP contribution in [0.5, 0.6) is 11.8 Å². The fraction of sp³-hybridized carbons (Fsp3) is 0.154. The van der Waals surface area contributed by atoms with Gasteiger partial charge in [0.15, 0.2) is 0 Å². The van der Waals surface area contributed by atoms with Gasteiger partial charge in [0.1, 0.15) is 0 Å². The molecule has 1 heterocycles. The molecule has 92 valence electrons. The van der Waals surface area contributed by atoms with Crippen LogP contribution in [-0.2, 0) is 9.59 Å². The third kappa shape index (κ3) is 2.63. The number of benzene rings is 1. The first-order chi connectivity index (χ1) is 8.56. The number of hydrogen-bond donors (Lipinski definition) is 0. The molecule has 0 bridgehead atoms. The summed E-state index contributed by atoms with van der Waals surface area (Å²) in [6.45, 7) is 2.57. The van der Waals surface area contributed by atoms with Crippen molar-refractivity contribution < 1.29 is 19.1 Å². The summed E-state index contributed by atoms with van der Waals surface area (Å²) in [4.78, 5) is 25.9. The van der Waals surface area contributed by atoms with E-state index in [-0.39, 0.29) is 11.8 Å². The van der Waals surface area contributed by atoms with Crippen molar-refractivity contribution in [3.63, 3.8) is 0 Å². The number of carbonyl (C=O) groups is 2. The Morgan fingerprint density at radius 3 is 2.39 bits per heavy atom. The Kier molecular flexibility index (Phi) is 3.23. The minimum atomic E-state index is -0.480. The molecule has 0 aliphatic rings. The molecule has 5 nitrogen and oxygen atoms in total. The van der Waals surface area contributed by atoms with Gasteiger partial charge in [0.05, 0.1) is 0 Å². The average Bonchev–Trinajstić information content (AvgIpc) is 2.27. The lowest BCUT2D eigenvalue weighted by atomic mass is 10.2. The van der Waals surface area contributed by atoms with Crippen molar-refractivity contribution in [1.29, 1.82) is 0 Å². The lowest BCUT2D eigenvalue weighted by Crippen LogP contribution is -2.07. The fourth-order valence-corrected chi connectivity index (χ4v) is 1.56. The van der Waals surface area contributed by atoms with Crippen LogP contribution >= 0.6 is 0 Å². The molecule has 0 saturated carbocycles. The van der Waals surface area contributed by atoms with Crippen molar-refractivity contribution in [3.05, 3.63) is 30.3 Å². The Bertz CT molecular complexity index is 621. The third-order valence-corrected chi connectivity index (χ3v) is 2.17. The monoisotopic (exact) mass is 245 g/mol. The van der Waals surface area contributed by atoms with Crippen LogP contribution in [0.4, 0.5) is 0 Å². The molecule has 5 heteroatoms. The summed E-state index contributed by atoms with van der Waals surface area (Å²) in [6, 6.07) is 8.85. The second-order valence-electron chi connectivity index (χ2n) is 3.67. The smallest absolute Gasteiger partial charge is 0.309 e. The van der Waals surface area contributed by atoms with Gasteiger partial charge in [0, 0.05) is 25.3 Å². The molecule has 0 atom stereocenters. The molecular weight excluding hydrogens is 234 g/mol. The second kappa shape index (κ2) is 4.83. The maximum Gasteiger partial charge on any atom is 0.309 e. The number of rotatable bonds is 2. The molecule has 0 aliphatic carbocycles. The van der Waals surface area contributed by atoms with Gasteiger partial charge in [-0.3, -0.25) is 9.59 Å². The van der Waals surface area contributed by atoms with Crippen LogP contribution in [0.15, 0.2) is 30.3 Å². The highest BCUT2D eigenvalue weighted by atomic mass is 16.6. The van der Waals surface area contributed by atoms with Gasteiger partial charge >= 0.3 is 11.9 Å². The first-order valence-electron chi connectivity index (χ1n) is 5.33. The summed E-state index contributed by atoms with van der Waals surface area (Å²) in [7, 11) is 0. The summed E-state index contributed by atoms with van der Waals surface area (Å²) in [5.74, 6) is -0.714. The Balaban J connectivity index is 2.56. The zero-order valence-corrected chi connectivity index (χ0v) is 9.97. The first kappa shape index (κ1) is 12.0. The van der Waals surface area contributed by atoms with Gasteiger partial charge in [-0.05, 0) is 11.5 Å². The van der Waals surface area contributed by atoms with E-state index in [1.165, 1.54) is 13.8 Å². The second-order valence-corrected chi connectivity index (χ2v) is 3.67. The van der Waals surface area contributed by atoms with E-state index in [4.69, 9.17) is 9.47 Å². The van der Waals surface area contributed by atoms with Crippen molar-refractivity contribution >= 4 is 22.7 Å². The van der Waals surface area contributed by atoms with E-state index in [0.717, 1.165) is 5.39 Å². The lowest BCUT2D eigenvalue weighted by Gasteiger charge is -2.07. The molecule has 0 amide bonds. The molecule has 0 saturated heterocycles. The summed E-state index contributed by atoms with van der Waals surface area (Å²) < 4.78 is 9.91. The molecule has 0 radical (unpaired) electrons. The molecule has 1 aromatic heterocycles. The van der Waals surface area contributed by atoms with Gasteiger partial charge in [-0.1, -0.05) is 18.2 Å². The molecular formula is C13H11NO4. The maximum absolute atomic E-state index is 11.0. The number of ether oxygens (including phenoxy) is 2. The van der Waals surface area contributed by atoms with E-state index >= 15 is 0 Å². The van der Waals surface area contributed by atoms with E-state index in [1.807, 2.05) is 18.2 Å². The van der Waals surface area contributed by atoms with E-state index in [1.54, 1.807) is 12.1 Å². The van der Waals surface area contributed by atoms with Crippen LogP contribution in [0.1, 0.15) is 13.8 Å². The van der Waals surface area contributed by atoms with Gasteiger partial charge in [-0.25, -0.2) is 0 Å². The summed E-state index contributed by atoms with van der Waals surface area (Å²) >= 11 is 0. The highest BCUT2D eigenvalue weighted by Crippen LogP contribution is 2.27. The SMILES string of the molecule is CC(=O)Oc1cc2ccccc2c(OC(C)=O)n1. The van der Waals surface area contributed by atoms with Gasteiger partial charge in [0.25, 0.3) is 0 Å². The number of fused-ring (bicyclic) bond motifs is 1. The Morgan fingerprint density at radius 1 is 1.06 bits per heavy atom. The standard InChI is InChI=1S/C13H11NO4/c1-8(15)17-12-7-10-5-3-4-6-11(10)13(14-12)18-9(2)16/h3-7H,1-2H3. The first-order valence-corrected chi connectivity index (χ1v) is 5.33. The summed E-state index contributed by atoms with van der Waals surface area (Å²) in [6.07, 6.45) is 0. The predicted octanol–water partition coefficient (Wildman–Crippen LogP) is 2.09. The predicted molar refractivity (Wildman–Crippen MR) is 64.4 cm³/mol. The quantitative estimate of drug-likeness (QED) is 0.758. The minimum absolute atomic E-state index is 0.109. The molecule has 18 heavy (non-hydrogen) atoms. The van der Waals surface area contributed by atoms with Crippen molar-refractivity contribution in [2.45, 2.75) is 13.8 Å². The summed E-state index contributed by atoms with van der Waals surface area (Å²) in [5, 5.41) is 1.46. The van der Waals surface area contributed by atoms with E-state index in [0.29, 0.717) is 5.39 Å². The zero-order chi connectivity index (χ0) is 13.1. The topological polar surface area (TPSA) is 65.5 Å². The van der Waals surface area contributed by atoms with Crippen LogP contribution in [-0.4, -0.2) is 16.9 Å². The van der Waals surface area contributed by atoms with E-state index < -0.39 is 11.9 Å². The van der Waals surface area contributed by atoms with Gasteiger partial charge in [0.2, 0.25) is 11.8 Å². The molecule has 0 N–H and O–H groups in total. The molecule has 2 aromatic rings. The van der Waals surface area contributed by atoms with E-state index in [9.17, 15) is 9.59 Å². The molecule has 0 unspecified atom stereocenters. The molecule has 2 rings (SSSR count). The number of aromatic nitrogens is 1. The Labute approximate surface area is 103 Å². The van der Waals surface area contributed by atoms with Crippen LogP contribution < -0.4 is 9.47 Å². The van der Waals surface area contributed by atoms with Crippen LogP contribution in [0.25, 0.3) is 10.8 Å². The van der Waals surface area contributed by atoms with Crippen molar-refractivity contribution in [2.24, 2.45) is 0 Å². The number of carbonyl (C=O) groups excluding carboxylic acids is 2. The van der Waals surface area contributed by atoms with Crippen LogP contribution in [0.2, 0.25) is 0 Å². The van der Waals surface area contributed by atoms with Gasteiger partial charge in [-0.15, -0.1) is 0 Å². The number of hydrogen-bond acceptors (Lipinski definition) is 5. The van der Waals surface area contributed by atoms with Gasteiger partial charge in [-0.2, -0.15) is 4.98 Å². The highest BCUT2D eigenvalue weighted by molar-refractivity contribution is 5.89. The zero-order valence-electron chi connectivity index (χ0n) is 9.97. The van der Waals surface area contributed by atoms with Crippen molar-refractivity contribution in [2.75, 3.05) is 0 Å². The molecule has 0 fully saturated rings. The number of pyridine rings is 1. The summed E-state index contributed by atoms with van der Waals surface area (Å²) in [5.41, 5.74) is 0. The third-order valence-electron chi connectivity index (χ3n) is 2.17. The fourth-order valence-electron chi connectivity index (χ4n) is 1.56. The Morgan fingerprint density at radius 2 is 1.72 bits per heavy atom. The van der Waals surface area contributed by atoms with Crippen LogP contribution in [0.3, 0.4) is 0 Å². The highest BCUT2D eigenvalue weighted by Gasteiger charge is 2.10. The minimum Gasteiger partial charge on any atom is -0.408 e. The normalized spacial score (nSPS) is 10.1. The van der Waals surface area contributed by atoms with Crippen molar-refractivity contribution in [3.8, 4) is 11.8 Å². The van der Waals surface area contributed by atoms with Crippen LogP contribution in [0, 0.1) is 0 Å². The maximum atomic E-state index is 11.0. The van der Waals surface area contributed by atoms with E-state index in [2.05, 4.69) is 4.98 Å². The molecule has 0 spiro atoms. The largest absolute Gasteiger partial charge is 0.408 e. The Hall–Kier alpha value is -2.43. The van der Waals surface area contributed by atoms with Gasteiger partial charge < -0.3 is 9.47 Å².